The van der Waals surface area contributed by atoms with Crippen molar-refractivity contribution >= 4 is 16.6 Å². The largest absolute Gasteiger partial charge is 0.497 e. The monoisotopic (exact) mass is 286 g/mol. The van der Waals surface area contributed by atoms with E-state index in [1.54, 1.807) is 7.11 Å². The SMILES string of the molecule is COc1ccc2ccnc(N(C)CC3(O)CCCC3)c2c1. The van der Waals surface area contributed by atoms with Gasteiger partial charge in [0.1, 0.15) is 11.6 Å². The third kappa shape index (κ3) is 2.81. The van der Waals surface area contributed by atoms with Crippen molar-refractivity contribution in [3.63, 3.8) is 0 Å². The van der Waals surface area contributed by atoms with Gasteiger partial charge in [-0.15, -0.1) is 0 Å². The Hall–Kier alpha value is -1.81. The zero-order valence-electron chi connectivity index (χ0n) is 12.7. The van der Waals surface area contributed by atoms with Crippen LogP contribution in [0, 0.1) is 0 Å². The molecule has 2 aromatic rings. The number of hydrogen-bond donors (Lipinski definition) is 1. The number of benzene rings is 1. The van der Waals surface area contributed by atoms with Gasteiger partial charge in [-0.1, -0.05) is 18.9 Å². The van der Waals surface area contributed by atoms with Crippen LogP contribution in [0.1, 0.15) is 25.7 Å². The van der Waals surface area contributed by atoms with Gasteiger partial charge in [0.15, 0.2) is 0 Å². The van der Waals surface area contributed by atoms with Crippen LogP contribution < -0.4 is 9.64 Å². The van der Waals surface area contributed by atoms with Crippen LogP contribution in [0.4, 0.5) is 5.82 Å². The average molecular weight is 286 g/mol. The van der Waals surface area contributed by atoms with E-state index in [4.69, 9.17) is 4.74 Å². The summed E-state index contributed by atoms with van der Waals surface area (Å²) in [6.45, 7) is 0.621. The molecular weight excluding hydrogens is 264 g/mol. The molecule has 1 N–H and O–H groups in total. The first kappa shape index (κ1) is 14.1. The molecule has 0 radical (unpaired) electrons. The van der Waals surface area contributed by atoms with E-state index in [2.05, 4.69) is 9.88 Å². The number of aromatic nitrogens is 1. The predicted molar refractivity (Wildman–Crippen MR) is 85.0 cm³/mol. The first-order chi connectivity index (χ1) is 10.1. The first-order valence-electron chi connectivity index (χ1n) is 7.48. The molecule has 0 saturated heterocycles. The van der Waals surface area contributed by atoms with Crippen molar-refractivity contribution in [1.29, 1.82) is 0 Å². The molecule has 0 amide bonds. The minimum Gasteiger partial charge on any atom is -0.497 e. The Bertz CT molecular complexity index is 636. The minimum absolute atomic E-state index is 0.572. The molecule has 3 rings (SSSR count). The fourth-order valence-electron chi connectivity index (χ4n) is 3.27. The highest BCUT2D eigenvalue weighted by atomic mass is 16.5. The Morgan fingerprint density at radius 3 is 2.76 bits per heavy atom. The van der Waals surface area contributed by atoms with E-state index in [1.165, 1.54) is 0 Å². The zero-order chi connectivity index (χ0) is 14.9. The molecule has 0 spiro atoms. The number of anilines is 1. The van der Waals surface area contributed by atoms with Gasteiger partial charge in [0, 0.05) is 25.2 Å². The number of ether oxygens (including phenoxy) is 1. The van der Waals surface area contributed by atoms with Gasteiger partial charge in [-0.25, -0.2) is 4.98 Å². The molecule has 0 atom stereocenters. The van der Waals surface area contributed by atoms with Crippen LogP contribution in [0.2, 0.25) is 0 Å². The average Bonchev–Trinajstić information content (AvgIpc) is 2.92. The second-order valence-corrected chi connectivity index (χ2v) is 6.01. The van der Waals surface area contributed by atoms with E-state index < -0.39 is 5.60 Å². The highest BCUT2D eigenvalue weighted by Crippen LogP contribution is 2.33. The van der Waals surface area contributed by atoms with Gasteiger partial charge in [0.05, 0.1) is 12.7 Å². The second-order valence-electron chi connectivity index (χ2n) is 6.01. The van der Waals surface area contributed by atoms with Gasteiger partial charge >= 0.3 is 0 Å². The minimum atomic E-state index is -0.572. The lowest BCUT2D eigenvalue weighted by Gasteiger charge is -2.30. The van der Waals surface area contributed by atoms with Crippen LogP contribution in [0.3, 0.4) is 0 Å². The molecule has 0 unspecified atom stereocenters. The predicted octanol–water partition coefficient (Wildman–Crippen LogP) is 2.98. The number of hydrogen-bond acceptors (Lipinski definition) is 4. The first-order valence-corrected chi connectivity index (χ1v) is 7.48. The number of pyridine rings is 1. The molecule has 1 heterocycles. The number of fused-ring (bicyclic) bond motifs is 1. The van der Waals surface area contributed by atoms with E-state index in [1.807, 2.05) is 37.5 Å². The summed E-state index contributed by atoms with van der Waals surface area (Å²) in [5.41, 5.74) is -0.572. The van der Waals surface area contributed by atoms with Gasteiger partial charge in [-0.05, 0) is 36.4 Å². The molecule has 4 nitrogen and oxygen atoms in total. The Kier molecular flexibility index (Phi) is 3.72. The van der Waals surface area contributed by atoms with Crippen molar-refractivity contribution in [3.8, 4) is 5.75 Å². The van der Waals surface area contributed by atoms with Crippen LogP contribution in [0.15, 0.2) is 30.5 Å². The number of rotatable bonds is 4. The summed E-state index contributed by atoms with van der Waals surface area (Å²) < 4.78 is 5.31. The number of aliphatic hydroxyl groups is 1. The summed E-state index contributed by atoms with van der Waals surface area (Å²) in [4.78, 5) is 6.58. The lowest BCUT2D eigenvalue weighted by atomic mass is 10.0. The topological polar surface area (TPSA) is 45.6 Å². The van der Waals surface area contributed by atoms with Gasteiger partial charge in [0.25, 0.3) is 0 Å². The molecular formula is C17H22N2O2. The molecule has 0 bridgehead atoms. The van der Waals surface area contributed by atoms with Crippen molar-refractivity contribution in [2.24, 2.45) is 0 Å². The van der Waals surface area contributed by atoms with Crippen LogP contribution in [0.5, 0.6) is 5.75 Å². The van der Waals surface area contributed by atoms with Gasteiger partial charge in [-0.3, -0.25) is 0 Å². The summed E-state index contributed by atoms with van der Waals surface area (Å²) in [6, 6.07) is 8.00. The fraction of sp³-hybridized carbons (Fsp3) is 0.471. The normalized spacial score (nSPS) is 17.1. The lowest BCUT2D eigenvalue weighted by molar-refractivity contribution is 0.0558. The van der Waals surface area contributed by atoms with E-state index in [-0.39, 0.29) is 0 Å². The maximum Gasteiger partial charge on any atom is 0.136 e. The Labute approximate surface area is 125 Å². The zero-order valence-corrected chi connectivity index (χ0v) is 12.7. The van der Waals surface area contributed by atoms with Crippen molar-refractivity contribution in [3.05, 3.63) is 30.5 Å². The third-order valence-electron chi connectivity index (χ3n) is 4.38. The molecule has 1 aliphatic carbocycles. The van der Waals surface area contributed by atoms with Crippen molar-refractivity contribution < 1.29 is 9.84 Å². The van der Waals surface area contributed by atoms with Crippen LogP contribution in [0.25, 0.3) is 10.8 Å². The Balaban J connectivity index is 1.95. The van der Waals surface area contributed by atoms with Crippen molar-refractivity contribution in [2.45, 2.75) is 31.3 Å². The van der Waals surface area contributed by atoms with E-state index in [9.17, 15) is 5.11 Å². The Morgan fingerprint density at radius 1 is 1.29 bits per heavy atom. The summed E-state index contributed by atoms with van der Waals surface area (Å²) in [7, 11) is 3.67. The van der Waals surface area contributed by atoms with Crippen LogP contribution in [-0.4, -0.2) is 36.4 Å². The molecule has 1 aromatic heterocycles. The van der Waals surface area contributed by atoms with E-state index >= 15 is 0 Å². The molecule has 4 heteroatoms. The molecule has 21 heavy (non-hydrogen) atoms. The Morgan fingerprint density at radius 2 is 2.05 bits per heavy atom. The maximum atomic E-state index is 10.6. The highest BCUT2D eigenvalue weighted by Gasteiger charge is 2.32. The van der Waals surface area contributed by atoms with Crippen LogP contribution >= 0.6 is 0 Å². The van der Waals surface area contributed by atoms with Gasteiger partial charge in [-0.2, -0.15) is 0 Å². The van der Waals surface area contributed by atoms with Crippen molar-refractivity contribution in [2.75, 3.05) is 25.6 Å². The number of nitrogens with zero attached hydrogens (tertiary/aromatic N) is 2. The van der Waals surface area contributed by atoms with E-state index in [0.29, 0.717) is 6.54 Å². The summed E-state index contributed by atoms with van der Waals surface area (Å²) in [5.74, 6) is 1.72. The fourth-order valence-corrected chi connectivity index (χ4v) is 3.27. The second kappa shape index (κ2) is 5.53. The lowest BCUT2D eigenvalue weighted by Crippen LogP contribution is -2.39. The maximum absolute atomic E-state index is 10.6. The van der Waals surface area contributed by atoms with Gasteiger partial charge < -0.3 is 14.7 Å². The highest BCUT2D eigenvalue weighted by molar-refractivity contribution is 5.93. The molecule has 1 fully saturated rings. The third-order valence-corrected chi connectivity index (χ3v) is 4.38. The summed E-state index contributed by atoms with van der Waals surface area (Å²) in [5, 5.41) is 12.8. The summed E-state index contributed by atoms with van der Waals surface area (Å²) in [6.07, 6.45) is 5.80. The molecule has 0 aliphatic heterocycles. The molecule has 1 aromatic carbocycles. The smallest absolute Gasteiger partial charge is 0.136 e. The van der Waals surface area contributed by atoms with Crippen LogP contribution in [-0.2, 0) is 0 Å². The van der Waals surface area contributed by atoms with Crippen molar-refractivity contribution in [1.82, 2.24) is 4.98 Å². The number of methoxy groups -OCH3 is 1. The molecule has 1 saturated carbocycles. The summed E-state index contributed by atoms with van der Waals surface area (Å²) >= 11 is 0. The standard InChI is InChI=1S/C17H22N2O2/c1-19(12-17(20)8-3-4-9-17)16-15-11-14(21-2)6-5-13(15)7-10-18-16/h5-7,10-11,20H,3-4,8-9,12H2,1-2H3. The van der Waals surface area contributed by atoms with Gasteiger partial charge in [0.2, 0.25) is 0 Å². The molecule has 112 valence electrons. The van der Waals surface area contributed by atoms with E-state index in [0.717, 1.165) is 48.0 Å². The molecule has 1 aliphatic rings. The quantitative estimate of drug-likeness (QED) is 0.938. The number of likely N-dealkylation sites (N-methyl/N-ethyl adjacent to an activating group) is 1.